The van der Waals surface area contributed by atoms with Crippen LogP contribution in [-0.4, -0.2) is 66.2 Å². The number of aliphatic hydroxyl groups is 1. The molecule has 0 radical (unpaired) electrons. The van der Waals surface area contributed by atoms with Gasteiger partial charge in [0.25, 0.3) is 0 Å². The Kier molecular flexibility index (Phi) is 6.15. The maximum atomic E-state index is 17.3. The van der Waals surface area contributed by atoms with Crippen molar-refractivity contribution in [1.29, 1.82) is 0 Å². The third kappa shape index (κ3) is 3.53. The molecule has 12 heteroatoms. The molecule has 0 aromatic carbocycles. The molecule has 0 spiro atoms. The molecule has 3 fully saturated rings. The number of aliphatic hydroxyl groups excluding tert-OH is 1. The van der Waals surface area contributed by atoms with Crippen molar-refractivity contribution < 1.29 is 46.5 Å². The topological polar surface area (TPSA) is 135 Å². The van der Waals surface area contributed by atoms with Gasteiger partial charge in [-0.3, -0.25) is 4.79 Å². The van der Waals surface area contributed by atoms with E-state index in [2.05, 4.69) is 0 Å². The first-order valence-electron chi connectivity index (χ1n) is 12.7. The van der Waals surface area contributed by atoms with E-state index in [1.165, 1.54) is 32.1 Å². The van der Waals surface area contributed by atoms with Crippen LogP contribution in [0.2, 0.25) is 0 Å². The second-order valence-corrected chi connectivity index (χ2v) is 15.1. The van der Waals surface area contributed by atoms with Crippen LogP contribution in [-0.2, 0) is 24.2 Å². The molecular weight excluding hydrogens is 554 g/mol. The minimum Gasteiger partial charge on any atom is -0.478 e. The smallest absolute Gasteiger partial charge is 0.349 e. The van der Waals surface area contributed by atoms with Gasteiger partial charge in [-0.15, -0.1) is 11.3 Å². The van der Waals surface area contributed by atoms with Gasteiger partial charge < -0.3 is 14.9 Å². The van der Waals surface area contributed by atoms with Crippen LogP contribution in [0.1, 0.15) is 49.7 Å². The normalized spacial score (nSPS) is 43.2. The van der Waals surface area contributed by atoms with Gasteiger partial charge in [-0.2, -0.15) is 0 Å². The van der Waals surface area contributed by atoms with Crippen molar-refractivity contribution in [2.75, 3.05) is 6.26 Å². The van der Waals surface area contributed by atoms with E-state index in [-0.39, 0.29) is 27.5 Å². The van der Waals surface area contributed by atoms with Gasteiger partial charge in [0.05, 0.1) is 6.10 Å². The molecule has 4 aliphatic carbocycles. The van der Waals surface area contributed by atoms with E-state index < -0.39 is 86.1 Å². The zero-order chi connectivity index (χ0) is 28.9. The number of allylic oxidation sites excluding steroid dienone is 4. The second-order valence-electron chi connectivity index (χ2n) is 11.8. The summed E-state index contributed by atoms with van der Waals surface area (Å²) >= 11 is 0.646. The van der Waals surface area contributed by atoms with E-state index in [0.29, 0.717) is 11.3 Å². The van der Waals surface area contributed by atoms with Crippen LogP contribution in [0.3, 0.4) is 0 Å². The van der Waals surface area contributed by atoms with Crippen molar-refractivity contribution >= 4 is 38.9 Å². The quantitative estimate of drug-likeness (QED) is 0.512. The Morgan fingerprint density at radius 1 is 1.18 bits per heavy atom. The summed E-state index contributed by atoms with van der Waals surface area (Å²) in [5.74, 6) is -5.76. The summed E-state index contributed by atoms with van der Waals surface area (Å²) in [7, 11) is -3.61. The van der Waals surface area contributed by atoms with E-state index in [9.17, 15) is 33.0 Å². The molecule has 9 atom stereocenters. The highest BCUT2D eigenvalue weighted by Gasteiger charge is 2.78. The number of ketones is 1. The molecule has 1 heterocycles. The van der Waals surface area contributed by atoms with Crippen LogP contribution < -0.4 is 0 Å². The molecule has 0 bridgehead atoms. The highest BCUT2D eigenvalue weighted by molar-refractivity contribution is 7.92. The number of carboxylic acids is 1. The van der Waals surface area contributed by atoms with Gasteiger partial charge >= 0.3 is 11.9 Å². The molecule has 4 aliphatic rings. The minimum absolute atomic E-state index is 0.0437. The van der Waals surface area contributed by atoms with E-state index >= 15 is 8.78 Å². The number of aliphatic carboxylic acids is 1. The predicted octanol–water partition coefficient (Wildman–Crippen LogP) is 3.70. The lowest BCUT2D eigenvalue weighted by atomic mass is 9.44. The number of ether oxygens (including phenoxy) is 1. The highest BCUT2D eigenvalue weighted by Crippen LogP contribution is 2.71. The number of carbonyl (C=O) groups is 3. The summed E-state index contributed by atoms with van der Waals surface area (Å²) in [4.78, 5) is 38.1. The van der Waals surface area contributed by atoms with Crippen LogP contribution in [0.4, 0.5) is 8.78 Å². The molecule has 212 valence electrons. The number of carboxylic acid groups (broad SMARTS) is 1. The van der Waals surface area contributed by atoms with Gasteiger partial charge in [0.15, 0.2) is 21.3 Å². The lowest BCUT2D eigenvalue weighted by Gasteiger charge is -2.62. The van der Waals surface area contributed by atoms with Gasteiger partial charge in [0.2, 0.25) is 5.60 Å². The van der Waals surface area contributed by atoms with Crippen LogP contribution in [0, 0.1) is 28.6 Å². The maximum absolute atomic E-state index is 17.3. The monoisotopic (exact) mass is 584 g/mol. The minimum atomic E-state index is -3.61. The Morgan fingerprint density at radius 2 is 1.85 bits per heavy atom. The summed E-state index contributed by atoms with van der Waals surface area (Å²) < 4.78 is 62.4. The van der Waals surface area contributed by atoms with Crippen LogP contribution in [0.15, 0.2) is 40.1 Å². The molecule has 0 saturated heterocycles. The first-order valence-corrected chi connectivity index (χ1v) is 15.4. The number of alkyl halides is 2. The largest absolute Gasteiger partial charge is 0.478 e. The number of sulfone groups is 1. The third-order valence-corrected chi connectivity index (χ3v) is 12.8. The summed E-state index contributed by atoms with van der Waals surface area (Å²) in [6.45, 7) is 4.55. The third-order valence-electron chi connectivity index (χ3n) is 9.89. The van der Waals surface area contributed by atoms with Crippen molar-refractivity contribution in [3.8, 4) is 0 Å². The first-order chi connectivity index (χ1) is 17.9. The van der Waals surface area contributed by atoms with Crippen LogP contribution >= 0.6 is 11.3 Å². The molecule has 5 rings (SSSR count). The average Bonchev–Trinajstić information content (AvgIpc) is 3.41. The van der Waals surface area contributed by atoms with Gasteiger partial charge in [-0.05, 0) is 62.0 Å². The number of hydrogen-bond donors (Lipinski definition) is 2. The van der Waals surface area contributed by atoms with E-state index in [4.69, 9.17) is 4.74 Å². The fraction of sp³-hybridized carbons (Fsp3) is 0.593. The zero-order valence-corrected chi connectivity index (χ0v) is 23.4. The number of hydrogen-bond acceptors (Lipinski definition) is 8. The molecule has 39 heavy (non-hydrogen) atoms. The molecule has 1 aromatic heterocycles. The van der Waals surface area contributed by atoms with Gasteiger partial charge in [0.1, 0.15) is 15.3 Å². The van der Waals surface area contributed by atoms with Gasteiger partial charge in [-0.1, -0.05) is 19.9 Å². The number of halogens is 2. The number of carbonyl (C=O) groups excluding carboxylic acids is 2. The van der Waals surface area contributed by atoms with Crippen molar-refractivity contribution in [2.45, 2.75) is 67.8 Å². The Hall–Kier alpha value is -2.44. The Morgan fingerprint density at radius 3 is 2.44 bits per heavy atom. The van der Waals surface area contributed by atoms with Crippen molar-refractivity contribution in [3.63, 3.8) is 0 Å². The first kappa shape index (κ1) is 28.1. The Balaban J connectivity index is 1.59. The molecule has 1 aromatic rings. The number of thiophene rings is 1. The van der Waals surface area contributed by atoms with E-state index in [1.807, 2.05) is 0 Å². The number of fused-ring (bicyclic) bond motifs is 5. The lowest BCUT2D eigenvalue weighted by molar-refractivity contribution is -0.229. The van der Waals surface area contributed by atoms with Gasteiger partial charge in [-0.25, -0.2) is 26.8 Å². The van der Waals surface area contributed by atoms with Crippen LogP contribution in [0.5, 0.6) is 0 Å². The summed E-state index contributed by atoms with van der Waals surface area (Å²) in [5.41, 5.74) is -7.77. The lowest BCUT2D eigenvalue weighted by Crippen LogP contribution is -2.71. The summed E-state index contributed by atoms with van der Waals surface area (Å²) in [5, 5.41) is 22.0. The van der Waals surface area contributed by atoms with Crippen molar-refractivity contribution in [3.05, 3.63) is 40.8 Å². The van der Waals surface area contributed by atoms with Crippen molar-refractivity contribution in [2.24, 2.45) is 28.6 Å². The fourth-order valence-electron chi connectivity index (χ4n) is 8.07. The summed E-state index contributed by atoms with van der Waals surface area (Å²) in [6, 6.07) is 2.47. The summed E-state index contributed by atoms with van der Waals surface area (Å²) in [6.07, 6.45) is 0.392. The zero-order valence-electron chi connectivity index (χ0n) is 21.8. The highest BCUT2D eigenvalue weighted by atomic mass is 32.2. The fourth-order valence-corrected chi connectivity index (χ4v) is 9.87. The molecule has 0 amide bonds. The predicted molar refractivity (Wildman–Crippen MR) is 136 cm³/mol. The molecule has 0 unspecified atom stereocenters. The van der Waals surface area contributed by atoms with Crippen molar-refractivity contribution in [1.82, 2.24) is 0 Å². The molecule has 0 aliphatic heterocycles. The maximum Gasteiger partial charge on any atom is 0.349 e. The molecular formula is C27H30F2O8S2. The van der Waals surface area contributed by atoms with Gasteiger partial charge in [0, 0.05) is 28.9 Å². The van der Waals surface area contributed by atoms with E-state index in [1.54, 1.807) is 6.92 Å². The standard InChI is InChI=1S/C27H30F2O8S2/c1-13-9-15-16-11-18(28)17-10-14(30)7-8-24(17,2)26(16,29)20(31)12-25(15,3)27(13,23(33)34)37-22(32)19-5-6-21(38-19)39(4,35)36/h5-8,10,13,15-16,18,20,31H,9,11-12H2,1-4H3,(H,33,34)/t13-,15+,16+,18+,20+,24+,25+,26+,27+/m1/s1. The Labute approximate surface area is 228 Å². The Bertz CT molecular complexity index is 1450. The molecule has 2 N–H and O–H groups in total. The number of rotatable bonds is 4. The molecule has 8 nitrogen and oxygen atoms in total. The SMILES string of the molecule is C[C@@H]1C[C@H]2[C@@H]3C[C@H](F)C4=CC(=O)C=C[C@]4(C)[C@@]3(F)[C@@H](O)C[C@]2(C)[C@@]1(OC(=O)c1ccc(S(C)(=O)=O)s1)C(=O)O. The molecule has 3 saturated carbocycles. The average molecular weight is 585 g/mol. The van der Waals surface area contributed by atoms with Crippen LogP contribution in [0.25, 0.3) is 0 Å². The number of esters is 1. The second kappa shape index (κ2) is 8.53. The van der Waals surface area contributed by atoms with E-state index in [0.717, 1.165) is 18.4 Å².